The number of carbonyl (C=O) groups is 2. The fourth-order valence-electron chi connectivity index (χ4n) is 4.87. The molecule has 1 saturated heterocycles. The highest BCUT2D eigenvalue weighted by molar-refractivity contribution is 6.65. The van der Waals surface area contributed by atoms with Gasteiger partial charge in [-0.2, -0.15) is 5.10 Å². The molecule has 2 aromatic heterocycles. The fourth-order valence-corrected chi connectivity index (χ4v) is 4.87. The Hall–Kier alpha value is -3.44. The Balaban J connectivity index is 1.57. The lowest BCUT2D eigenvalue weighted by molar-refractivity contribution is -0.131. The van der Waals surface area contributed by atoms with Crippen LogP contribution in [-0.4, -0.2) is 81.7 Å². The van der Waals surface area contributed by atoms with Gasteiger partial charge in [-0.15, -0.1) is 0 Å². The second-order valence-electron chi connectivity index (χ2n) is 10.9. The van der Waals surface area contributed by atoms with Crippen molar-refractivity contribution >= 4 is 40.9 Å². The summed E-state index contributed by atoms with van der Waals surface area (Å²) in [5, 5.41) is 4.29. The molecular weight excluding hydrogens is 500 g/mol. The van der Waals surface area contributed by atoms with E-state index in [9.17, 15) is 9.59 Å². The van der Waals surface area contributed by atoms with Crippen LogP contribution in [0.15, 0.2) is 36.7 Å². The molecule has 2 aliphatic heterocycles. The maximum absolute atomic E-state index is 16.4. The molecule has 4 heterocycles. The van der Waals surface area contributed by atoms with Crippen molar-refractivity contribution in [2.45, 2.75) is 58.3 Å². The van der Waals surface area contributed by atoms with Gasteiger partial charge in [-0.05, 0) is 57.3 Å². The van der Waals surface area contributed by atoms with E-state index >= 15 is 4.39 Å². The van der Waals surface area contributed by atoms with Gasteiger partial charge in [0.25, 0.3) is 5.91 Å². The lowest BCUT2D eigenvalue weighted by Crippen LogP contribution is -2.41. The molecule has 0 radical (unpaired) electrons. The van der Waals surface area contributed by atoms with Crippen molar-refractivity contribution in [3.63, 3.8) is 0 Å². The first kappa shape index (κ1) is 20.5. The Morgan fingerprint density at radius 2 is 1.97 bits per heavy atom. The molecule has 0 unspecified atom stereocenters. The predicted octanol–water partition coefficient (Wildman–Crippen LogP) is 3.21. The average Bonchev–Trinajstić information content (AvgIpc) is 3.64. The van der Waals surface area contributed by atoms with Gasteiger partial charge in [-0.3, -0.25) is 14.3 Å². The van der Waals surface area contributed by atoms with Crippen LogP contribution < -0.4 is 5.46 Å². The normalized spacial score (nSPS) is 21.4. The number of nitrogens with zero attached hydrogens (tertiary/aromatic N) is 4. The number of aromatic amines is 1. The second kappa shape index (κ2) is 9.95. The zero-order valence-corrected chi connectivity index (χ0v) is 22.4. The van der Waals surface area contributed by atoms with Gasteiger partial charge >= 0.3 is 7.12 Å². The highest BCUT2D eigenvalue weighted by Gasteiger charge is 2.52. The molecule has 5 rings (SSSR count). The summed E-state index contributed by atoms with van der Waals surface area (Å²) in [6.45, 7) is 1.79. The molecule has 206 valence electrons. The summed E-state index contributed by atoms with van der Waals surface area (Å²) >= 11 is 0. The van der Waals surface area contributed by atoms with Crippen molar-refractivity contribution in [1.29, 1.82) is 0 Å². The molecule has 0 spiro atoms. The molecule has 0 bridgehead atoms. The molecule has 39 heavy (non-hydrogen) atoms. The van der Waals surface area contributed by atoms with Crippen LogP contribution in [0.3, 0.4) is 0 Å². The SMILES string of the molecule is [2H]C([2H])([2H])N(C(=O)c1cc2c(B3OC(C)(C)C(C)(C)O3)cc(C3=CCCN(C(=O)CCn4cccn4)C3)c(F)c2[nH]1)C([2H])([2H])[2H]. The number of aromatic nitrogens is 3. The third kappa shape index (κ3) is 5.01. The van der Waals surface area contributed by atoms with E-state index in [0.717, 1.165) is 0 Å². The minimum absolute atomic E-state index is 0.119. The van der Waals surface area contributed by atoms with E-state index in [4.69, 9.17) is 17.5 Å². The van der Waals surface area contributed by atoms with Gasteiger partial charge in [0.15, 0.2) is 5.82 Å². The van der Waals surface area contributed by atoms with E-state index in [1.807, 2.05) is 33.8 Å². The highest BCUT2D eigenvalue weighted by Crippen LogP contribution is 2.38. The first-order valence-corrected chi connectivity index (χ1v) is 12.8. The zero-order valence-electron chi connectivity index (χ0n) is 28.4. The molecule has 0 saturated carbocycles. The number of carbonyl (C=O) groups excluding carboxylic acids is 2. The van der Waals surface area contributed by atoms with Crippen LogP contribution in [-0.2, 0) is 20.6 Å². The number of benzene rings is 1. The Bertz CT molecular complexity index is 1620. The van der Waals surface area contributed by atoms with E-state index < -0.39 is 49.7 Å². The Labute approximate surface area is 236 Å². The number of hydrogen-bond donors (Lipinski definition) is 1. The van der Waals surface area contributed by atoms with Crippen molar-refractivity contribution in [2.75, 3.05) is 27.0 Å². The number of amides is 2. The molecule has 0 aliphatic carbocycles. The summed E-state index contributed by atoms with van der Waals surface area (Å²) < 4.78 is 76.6. The molecule has 3 aromatic rings. The number of halogens is 1. The third-order valence-corrected chi connectivity index (χ3v) is 7.79. The summed E-state index contributed by atoms with van der Waals surface area (Å²) in [6, 6.07) is 4.54. The van der Waals surface area contributed by atoms with Gasteiger partial charge in [0.05, 0.1) is 16.7 Å². The van der Waals surface area contributed by atoms with Gasteiger partial charge in [0.2, 0.25) is 5.91 Å². The van der Waals surface area contributed by atoms with Gasteiger partial charge < -0.3 is 24.1 Å². The lowest BCUT2D eigenvalue weighted by Gasteiger charge is -2.32. The summed E-state index contributed by atoms with van der Waals surface area (Å²) in [6.07, 6.45) is 5.93. The Morgan fingerprint density at radius 1 is 1.23 bits per heavy atom. The number of nitrogens with one attached hydrogen (secondary N) is 1. The smallest absolute Gasteiger partial charge is 0.399 e. The first-order chi connectivity index (χ1) is 20.8. The Kier molecular flexibility index (Phi) is 5.22. The quantitative estimate of drug-likeness (QED) is 0.484. The van der Waals surface area contributed by atoms with Crippen LogP contribution in [0, 0.1) is 5.82 Å². The van der Waals surface area contributed by atoms with Crippen LogP contribution in [0.5, 0.6) is 0 Å². The van der Waals surface area contributed by atoms with Gasteiger partial charge in [0, 0.05) is 71.6 Å². The molecule has 1 N–H and O–H groups in total. The van der Waals surface area contributed by atoms with Gasteiger partial charge in [0.1, 0.15) is 5.69 Å². The minimum Gasteiger partial charge on any atom is -0.399 e. The number of aryl methyl sites for hydroxylation is 1. The minimum atomic E-state index is -3.29. The number of rotatable bonds is 6. The topological polar surface area (TPSA) is 92.7 Å². The van der Waals surface area contributed by atoms with Gasteiger partial charge in [-0.1, -0.05) is 12.1 Å². The van der Waals surface area contributed by atoms with Crippen molar-refractivity contribution < 1.29 is 31.5 Å². The molecule has 1 fully saturated rings. The molecule has 0 atom stereocenters. The van der Waals surface area contributed by atoms with Crippen LogP contribution in [0.25, 0.3) is 16.5 Å². The first-order valence-electron chi connectivity index (χ1n) is 15.8. The van der Waals surface area contributed by atoms with Gasteiger partial charge in [-0.25, -0.2) is 4.39 Å². The number of hydrogen-bond acceptors (Lipinski definition) is 5. The summed E-state index contributed by atoms with van der Waals surface area (Å²) in [5.74, 6) is -2.22. The van der Waals surface area contributed by atoms with Crippen molar-refractivity contribution in [3.05, 3.63) is 53.7 Å². The van der Waals surface area contributed by atoms with Crippen LogP contribution in [0.2, 0.25) is 0 Å². The maximum atomic E-state index is 16.4. The summed E-state index contributed by atoms with van der Waals surface area (Å²) in [4.78, 5) is 30.5. The van der Waals surface area contributed by atoms with Crippen molar-refractivity contribution in [3.8, 4) is 0 Å². The predicted molar refractivity (Wildman–Crippen MR) is 148 cm³/mol. The van der Waals surface area contributed by atoms with Crippen molar-refractivity contribution in [2.24, 2.45) is 0 Å². The van der Waals surface area contributed by atoms with Crippen molar-refractivity contribution in [1.82, 2.24) is 24.6 Å². The van der Waals surface area contributed by atoms with E-state index in [1.165, 1.54) is 6.07 Å². The Morgan fingerprint density at radius 3 is 2.64 bits per heavy atom. The molecular formula is C28H35BFN5O4. The highest BCUT2D eigenvalue weighted by atomic mass is 19.1. The van der Waals surface area contributed by atoms with Crippen LogP contribution >= 0.6 is 0 Å². The van der Waals surface area contributed by atoms with Crippen LogP contribution in [0.1, 0.15) is 64.8 Å². The van der Waals surface area contributed by atoms with E-state index in [0.29, 0.717) is 30.5 Å². The second-order valence-corrected chi connectivity index (χ2v) is 10.9. The number of fused-ring (bicyclic) bond motifs is 1. The molecule has 2 amide bonds. The lowest BCUT2D eigenvalue weighted by atomic mass is 9.75. The summed E-state index contributed by atoms with van der Waals surface area (Å²) in [5.41, 5.74) is -1.10. The van der Waals surface area contributed by atoms with E-state index in [1.54, 1.807) is 34.1 Å². The maximum Gasteiger partial charge on any atom is 0.495 e. The fraction of sp³-hybridized carbons (Fsp3) is 0.464. The van der Waals surface area contributed by atoms with Crippen LogP contribution in [0.4, 0.5) is 4.39 Å². The van der Waals surface area contributed by atoms with E-state index in [2.05, 4.69) is 10.1 Å². The summed E-state index contributed by atoms with van der Waals surface area (Å²) in [7, 11) is -1.01. The molecule has 1 aromatic carbocycles. The molecule has 2 aliphatic rings. The zero-order chi connectivity index (χ0) is 33.1. The largest absolute Gasteiger partial charge is 0.495 e. The average molecular weight is 541 g/mol. The molecule has 11 heteroatoms. The number of H-pyrrole nitrogens is 1. The molecule has 9 nitrogen and oxygen atoms in total. The monoisotopic (exact) mass is 541 g/mol. The van der Waals surface area contributed by atoms with E-state index in [-0.39, 0.29) is 40.2 Å². The standard InChI is InChI=1S/C28H35BFN5O4/c1-27(2)28(3,4)39-29(38-27)21-15-19(24(30)25-20(21)16-22(32-25)26(37)33(5)6)18-9-7-12-34(17-18)23(36)10-14-35-13-8-11-31-35/h8-9,11,13,15-16,32H,7,10,12,14,17H2,1-6H3/i5D3,6D3. The third-order valence-electron chi connectivity index (χ3n) is 7.79.